The van der Waals surface area contributed by atoms with Crippen molar-refractivity contribution in [1.29, 1.82) is 0 Å². The summed E-state index contributed by atoms with van der Waals surface area (Å²) in [4.78, 5) is 35.7. The van der Waals surface area contributed by atoms with Crippen molar-refractivity contribution in [2.24, 2.45) is 5.73 Å². The van der Waals surface area contributed by atoms with Crippen molar-refractivity contribution in [1.82, 2.24) is 19.5 Å². The van der Waals surface area contributed by atoms with Crippen LogP contribution in [0, 0.1) is 0 Å². The van der Waals surface area contributed by atoms with Gasteiger partial charge in [-0.05, 0) is 6.92 Å². The molecule has 1 aliphatic heterocycles. The van der Waals surface area contributed by atoms with E-state index in [1.165, 1.54) is 6.92 Å². The van der Waals surface area contributed by atoms with Crippen molar-refractivity contribution in [3.8, 4) is 0 Å². The van der Waals surface area contributed by atoms with E-state index in [4.69, 9.17) is 16.2 Å². The molecule has 7 N–H and O–H groups in total. The van der Waals surface area contributed by atoms with Gasteiger partial charge >= 0.3 is 0 Å². The fraction of sp³-hybridized carbons (Fsp3) is 0.462. The lowest BCUT2D eigenvalue weighted by molar-refractivity contribution is -0.0964. The van der Waals surface area contributed by atoms with Gasteiger partial charge in [-0.25, -0.2) is 15.0 Å². The van der Waals surface area contributed by atoms with Gasteiger partial charge in [0.05, 0.1) is 6.61 Å². The Balaban J connectivity index is 2.36. The minimum absolute atomic E-state index is 0.0998. The molecule has 4 atom stereocenters. The summed E-state index contributed by atoms with van der Waals surface area (Å²) < 4.78 is 6.24. The molecule has 0 bridgehead atoms. The van der Waals surface area contributed by atoms with E-state index in [1.807, 2.05) is 0 Å². The molecule has 25 heavy (non-hydrogen) atoms. The number of rotatable bonds is 3. The Morgan fingerprint density at radius 1 is 1.48 bits per heavy atom. The molecule has 134 valence electrons. The number of aromatic nitrogens is 4. The fourth-order valence-corrected chi connectivity index (χ4v) is 2.78. The molecule has 1 saturated heterocycles. The number of nitrogens with two attached hydrogens (primary N) is 2. The van der Waals surface area contributed by atoms with Crippen LogP contribution in [-0.4, -0.2) is 65.2 Å². The van der Waals surface area contributed by atoms with Gasteiger partial charge in [0.1, 0.15) is 29.7 Å². The molecule has 0 aromatic carbocycles. The number of ether oxygens (including phenoxy) is 1. The van der Waals surface area contributed by atoms with Gasteiger partial charge < -0.3 is 31.5 Å². The lowest BCUT2D eigenvalue weighted by Crippen LogP contribution is -2.47. The third-order valence-corrected chi connectivity index (χ3v) is 4.11. The van der Waals surface area contributed by atoms with E-state index in [2.05, 4.69) is 15.0 Å². The van der Waals surface area contributed by atoms with E-state index in [1.54, 1.807) is 0 Å². The molecule has 1 aliphatic rings. The van der Waals surface area contributed by atoms with Crippen molar-refractivity contribution in [3.05, 3.63) is 22.4 Å². The summed E-state index contributed by atoms with van der Waals surface area (Å²) in [6.07, 6.45) is -3.09. The minimum atomic E-state index is -1.99. The molecule has 0 radical (unpaired) electrons. The highest BCUT2D eigenvalue weighted by molar-refractivity contribution is 5.93. The van der Waals surface area contributed by atoms with Gasteiger partial charge in [0.2, 0.25) is 0 Å². The highest BCUT2D eigenvalue weighted by Gasteiger charge is 2.53. The predicted molar refractivity (Wildman–Crippen MR) is 82.1 cm³/mol. The van der Waals surface area contributed by atoms with Gasteiger partial charge in [0.15, 0.2) is 23.4 Å². The lowest BCUT2D eigenvalue weighted by atomic mass is 9.96. The Bertz CT molecular complexity index is 912. The number of hydrogen-bond acceptors (Lipinski definition) is 10. The van der Waals surface area contributed by atoms with Crippen LogP contribution in [0.25, 0.3) is 11.2 Å². The van der Waals surface area contributed by atoms with Crippen LogP contribution in [0.1, 0.15) is 23.6 Å². The maximum Gasteiger partial charge on any atom is 0.286 e. The maximum atomic E-state index is 12.7. The van der Waals surface area contributed by atoms with Crippen molar-refractivity contribution in [3.63, 3.8) is 0 Å². The van der Waals surface area contributed by atoms with E-state index in [-0.39, 0.29) is 17.0 Å². The molecule has 3 heterocycles. The number of carbonyl (C=O) groups excluding carboxylic acids is 1. The summed E-state index contributed by atoms with van der Waals surface area (Å²) in [5, 5.41) is 30.0. The van der Waals surface area contributed by atoms with Crippen LogP contribution in [0.2, 0.25) is 0 Å². The third kappa shape index (κ3) is 2.42. The van der Waals surface area contributed by atoms with Crippen molar-refractivity contribution >= 4 is 22.9 Å². The average molecular weight is 352 g/mol. The summed E-state index contributed by atoms with van der Waals surface area (Å²) in [5.41, 5.74) is 7.04. The van der Waals surface area contributed by atoms with E-state index in [0.29, 0.717) is 0 Å². The predicted octanol–water partition coefficient (Wildman–Crippen LogP) is -3.13. The Kier molecular flexibility index (Phi) is 3.91. The molecule has 0 aliphatic carbocycles. The molecule has 2 aromatic rings. The number of carbonyl (C=O) groups is 1. The number of nitrogen functional groups attached to an aromatic ring is 1. The molecular weight excluding hydrogens is 336 g/mol. The first-order valence-electron chi connectivity index (χ1n) is 7.19. The molecule has 2 aromatic heterocycles. The minimum Gasteiger partial charge on any atom is -0.394 e. The second kappa shape index (κ2) is 5.70. The molecular formula is C13H16N6O6. The van der Waals surface area contributed by atoms with Crippen LogP contribution in [0.5, 0.6) is 0 Å². The Morgan fingerprint density at radius 2 is 2.16 bits per heavy atom. The number of aliphatic hydroxyl groups is 3. The SMILES string of the molecule is C[C@@]1(O)C(n2c(=O)c(C(N)=O)nc3c(N)ncnc32)OC(CO)[C@H]1O. The standard InChI is InChI=1S/C13H16N6O6/c1-13(24)7(21)4(2-20)25-12(13)19-10-5(8(14)16-3-17-10)18-6(9(15)22)11(19)23/h3-4,7,12,20-21,24H,2H2,1H3,(H2,15,22)(H2,14,16,17)/t4?,7-,12?,13+/m1/s1. The number of amides is 1. The van der Waals surface area contributed by atoms with E-state index < -0.39 is 47.8 Å². The molecule has 0 saturated carbocycles. The lowest BCUT2D eigenvalue weighted by Gasteiger charge is -2.28. The van der Waals surface area contributed by atoms with E-state index in [9.17, 15) is 24.9 Å². The van der Waals surface area contributed by atoms with Crippen LogP contribution in [0.3, 0.4) is 0 Å². The molecule has 3 rings (SSSR count). The largest absolute Gasteiger partial charge is 0.394 e. The van der Waals surface area contributed by atoms with Gasteiger partial charge in [0.25, 0.3) is 11.5 Å². The maximum absolute atomic E-state index is 12.7. The zero-order valence-corrected chi connectivity index (χ0v) is 13.0. The third-order valence-electron chi connectivity index (χ3n) is 4.11. The molecule has 12 nitrogen and oxygen atoms in total. The summed E-state index contributed by atoms with van der Waals surface area (Å²) in [6.45, 7) is 0.608. The van der Waals surface area contributed by atoms with Gasteiger partial charge in [-0.3, -0.25) is 14.2 Å². The number of fused-ring (bicyclic) bond motifs is 1. The number of nitrogens with zero attached hydrogens (tertiary/aromatic N) is 4. The van der Waals surface area contributed by atoms with Gasteiger partial charge in [-0.1, -0.05) is 0 Å². The van der Waals surface area contributed by atoms with Crippen LogP contribution in [0.4, 0.5) is 5.82 Å². The Labute approximate surface area is 139 Å². The second-order valence-electron chi connectivity index (χ2n) is 5.81. The van der Waals surface area contributed by atoms with Crippen molar-refractivity contribution in [2.45, 2.75) is 31.0 Å². The Hall–Kier alpha value is -2.67. The molecule has 0 spiro atoms. The fourth-order valence-electron chi connectivity index (χ4n) is 2.78. The quantitative estimate of drug-likeness (QED) is 0.376. The van der Waals surface area contributed by atoms with Gasteiger partial charge in [-0.2, -0.15) is 0 Å². The summed E-state index contributed by atoms with van der Waals surface area (Å²) in [7, 11) is 0. The normalized spacial score (nSPS) is 29.2. The van der Waals surface area contributed by atoms with Crippen molar-refractivity contribution < 1.29 is 24.9 Å². The number of hydrogen-bond donors (Lipinski definition) is 5. The van der Waals surface area contributed by atoms with Crippen LogP contribution in [0.15, 0.2) is 11.1 Å². The van der Waals surface area contributed by atoms with Crippen LogP contribution < -0.4 is 17.0 Å². The average Bonchev–Trinajstić information content (AvgIpc) is 2.77. The summed E-state index contributed by atoms with van der Waals surface area (Å²) in [5.74, 6) is -1.25. The molecule has 2 unspecified atom stereocenters. The first-order valence-corrected chi connectivity index (χ1v) is 7.19. The molecule has 1 fully saturated rings. The number of aliphatic hydroxyl groups excluding tert-OH is 2. The van der Waals surface area contributed by atoms with Crippen LogP contribution >= 0.6 is 0 Å². The van der Waals surface area contributed by atoms with Crippen molar-refractivity contribution in [2.75, 3.05) is 12.3 Å². The second-order valence-corrected chi connectivity index (χ2v) is 5.81. The Morgan fingerprint density at radius 3 is 2.72 bits per heavy atom. The molecule has 1 amide bonds. The molecule has 12 heteroatoms. The zero-order valence-electron chi connectivity index (χ0n) is 13.0. The monoisotopic (exact) mass is 352 g/mol. The highest BCUT2D eigenvalue weighted by Crippen LogP contribution is 2.38. The first kappa shape index (κ1) is 17.2. The summed E-state index contributed by atoms with van der Waals surface area (Å²) in [6, 6.07) is 0. The van der Waals surface area contributed by atoms with Crippen LogP contribution in [-0.2, 0) is 4.74 Å². The highest BCUT2D eigenvalue weighted by atomic mass is 16.6. The topological polar surface area (TPSA) is 200 Å². The van der Waals surface area contributed by atoms with Gasteiger partial charge in [0, 0.05) is 0 Å². The van der Waals surface area contributed by atoms with E-state index >= 15 is 0 Å². The zero-order chi connectivity index (χ0) is 18.5. The first-order chi connectivity index (χ1) is 11.7. The van der Waals surface area contributed by atoms with E-state index in [0.717, 1.165) is 10.9 Å². The summed E-state index contributed by atoms with van der Waals surface area (Å²) >= 11 is 0. The van der Waals surface area contributed by atoms with Gasteiger partial charge in [-0.15, -0.1) is 0 Å². The smallest absolute Gasteiger partial charge is 0.286 e. The number of anilines is 1. The number of primary amides is 1.